The highest BCUT2D eigenvalue weighted by molar-refractivity contribution is 6.18. The van der Waals surface area contributed by atoms with Gasteiger partial charge < -0.3 is 4.65 Å². The first-order valence-electron chi connectivity index (χ1n) is 3.12. The smallest absolute Gasteiger partial charge is 0.536 e. The molecule has 0 aliphatic carbocycles. The van der Waals surface area contributed by atoms with Crippen LogP contribution < -0.4 is 4.65 Å². The first kappa shape index (κ1) is 8.56. The van der Waals surface area contributed by atoms with Gasteiger partial charge >= 0.3 is 7.69 Å². The third-order valence-electron chi connectivity index (χ3n) is 1.20. The quantitative estimate of drug-likeness (QED) is 0.633. The van der Waals surface area contributed by atoms with Gasteiger partial charge in [-0.25, -0.2) is 4.86 Å². The molecule has 1 aromatic rings. The number of nitriles is 1. The molecule has 0 aliphatic rings. The van der Waals surface area contributed by atoms with Gasteiger partial charge in [0, 0.05) is 0 Å². The van der Waals surface area contributed by atoms with E-state index in [1.165, 1.54) is 12.1 Å². The molecule has 0 heterocycles. The van der Waals surface area contributed by atoms with Crippen molar-refractivity contribution in [3.8, 4) is 11.8 Å². The molecule has 3 nitrogen and oxygen atoms in total. The van der Waals surface area contributed by atoms with Crippen molar-refractivity contribution in [3.05, 3.63) is 29.8 Å². The van der Waals surface area contributed by atoms with Gasteiger partial charge in [-0.3, -0.25) is 0 Å². The van der Waals surface area contributed by atoms with Crippen LogP contribution in [-0.2, 0) is 4.86 Å². The van der Waals surface area contributed by atoms with E-state index >= 15 is 0 Å². The molecule has 1 rings (SSSR count). The van der Waals surface area contributed by atoms with Crippen LogP contribution in [0.3, 0.4) is 0 Å². The Morgan fingerprint density at radius 3 is 2.50 bits per heavy atom. The van der Waals surface area contributed by atoms with Crippen molar-refractivity contribution >= 4 is 7.69 Å². The Hall–Kier alpha value is -1.54. The number of benzene rings is 1. The van der Waals surface area contributed by atoms with Gasteiger partial charge in [0.25, 0.3) is 0 Å². The monoisotopic (exact) mass is 164 g/mol. The summed E-state index contributed by atoms with van der Waals surface area (Å²) in [6.07, 6.45) is 0. The molecule has 0 saturated carbocycles. The Kier molecular flexibility index (Phi) is 3.11. The van der Waals surface area contributed by atoms with Crippen LogP contribution in [0.15, 0.2) is 24.3 Å². The van der Waals surface area contributed by atoms with Crippen molar-refractivity contribution in [1.82, 2.24) is 0 Å². The van der Waals surface area contributed by atoms with E-state index in [2.05, 4.69) is 9.51 Å². The summed E-state index contributed by atoms with van der Waals surface area (Å²) in [4.78, 5) is 3.09. The largest absolute Gasteiger partial charge is 0.609 e. The van der Waals surface area contributed by atoms with Crippen LogP contribution in [-0.4, -0.2) is 7.69 Å². The van der Waals surface area contributed by atoms with Gasteiger partial charge in [0.05, 0.1) is 11.6 Å². The summed E-state index contributed by atoms with van der Waals surface area (Å²) in [5, 5.41) is 8.42. The number of hydrogen-bond donors (Lipinski definition) is 0. The zero-order chi connectivity index (χ0) is 8.81. The highest BCUT2D eigenvalue weighted by atomic mass is 19.3. The molecular formula is C7H4BFNO2. The van der Waals surface area contributed by atoms with Crippen LogP contribution in [0.4, 0.5) is 4.53 Å². The highest BCUT2D eigenvalue weighted by Crippen LogP contribution is 2.10. The normalized spacial score (nSPS) is 8.67. The number of halogens is 1. The van der Waals surface area contributed by atoms with Crippen LogP contribution in [0.2, 0.25) is 0 Å². The second kappa shape index (κ2) is 4.37. The number of nitrogens with zero attached hydrogens (tertiary/aromatic N) is 1. The molecule has 12 heavy (non-hydrogen) atoms. The zero-order valence-electron chi connectivity index (χ0n) is 6.03. The molecule has 0 N–H and O–H groups in total. The van der Waals surface area contributed by atoms with Crippen molar-refractivity contribution in [2.45, 2.75) is 0 Å². The average molecular weight is 164 g/mol. The molecule has 5 heteroatoms. The third kappa shape index (κ3) is 2.25. The maximum atomic E-state index is 11.1. The van der Waals surface area contributed by atoms with Crippen molar-refractivity contribution in [3.63, 3.8) is 0 Å². The summed E-state index contributed by atoms with van der Waals surface area (Å²) in [5.74, 6) is 0.409. The van der Waals surface area contributed by atoms with E-state index in [-0.39, 0.29) is 0 Å². The maximum absolute atomic E-state index is 11.1. The van der Waals surface area contributed by atoms with Crippen molar-refractivity contribution in [1.29, 1.82) is 5.26 Å². The van der Waals surface area contributed by atoms with Crippen molar-refractivity contribution in [2.24, 2.45) is 0 Å². The predicted octanol–water partition coefficient (Wildman–Crippen LogP) is 1.37. The molecule has 0 atom stereocenters. The summed E-state index contributed by atoms with van der Waals surface area (Å²) < 4.78 is 15.7. The first-order chi connectivity index (χ1) is 5.86. The van der Waals surface area contributed by atoms with Gasteiger partial charge in [-0.1, -0.05) is 4.53 Å². The Balaban J connectivity index is 2.60. The minimum Gasteiger partial charge on any atom is -0.536 e. The van der Waals surface area contributed by atoms with E-state index in [0.717, 1.165) is 0 Å². The summed E-state index contributed by atoms with van der Waals surface area (Å²) >= 11 is 0. The lowest BCUT2D eigenvalue weighted by Gasteiger charge is -1.99. The van der Waals surface area contributed by atoms with Gasteiger partial charge in [-0.15, -0.1) is 0 Å². The van der Waals surface area contributed by atoms with Crippen LogP contribution in [0.5, 0.6) is 5.75 Å². The first-order valence-corrected chi connectivity index (χ1v) is 3.12. The molecule has 0 aliphatic heterocycles. The third-order valence-corrected chi connectivity index (χ3v) is 1.20. The lowest BCUT2D eigenvalue weighted by atomic mass is 10.2. The average Bonchev–Trinajstić information content (AvgIpc) is 2.15. The summed E-state index contributed by atoms with van der Waals surface area (Å²) in [6.45, 7) is 0. The van der Waals surface area contributed by atoms with Crippen LogP contribution in [0, 0.1) is 11.3 Å². The van der Waals surface area contributed by atoms with Crippen LogP contribution in [0.1, 0.15) is 5.56 Å². The minimum absolute atomic E-state index is 0.409. The molecule has 1 aromatic carbocycles. The molecule has 0 amide bonds. The fourth-order valence-corrected chi connectivity index (χ4v) is 0.682. The fourth-order valence-electron chi connectivity index (χ4n) is 0.682. The van der Waals surface area contributed by atoms with Crippen LogP contribution in [0.25, 0.3) is 0 Å². The lowest BCUT2D eigenvalue weighted by Crippen LogP contribution is -2.01. The van der Waals surface area contributed by atoms with Gasteiger partial charge in [0.15, 0.2) is 0 Å². The Morgan fingerprint density at radius 2 is 2.00 bits per heavy atom. The van der Waals surface area contributed by atoms with Gasteiger partial charge in [-0.2, -0.15) is 5.26 Å². The molecule has 1 radical (unpaired) electrons. The van der Waals surface area contributed by atoms with Gasteiger partial charge in [0.2, 0.25) is 0 Å². The Morgan fingerprint density at radius 1 is 1.33 bits per heavy atom. The molecule has 0 aromatic heterocycles. The van der Waals surface area contributed by atoms with E-state index in [1.54, 1.807) is 12.1 Å². The summed E-state index contributed by atoms with van der Waals surface area (Å²) in [7, 11) is 0.557. The summed E-state index contributed by atoms with van der Waals surface area (Å²) in [6, 6.07) is 8.12. The molecule has 0 unspecified atom stereocenters. The highest BCUT2D eigenvalue weighted by Gasteiger charge is 1.97. The molecule has 0 saturated heterocycles. The van der Waals surface area contributed by atoms with E-state index in [9.17, 15) is 4.53 Å². The predicted molar refractivity (Wildman–Crippen MR) is 39.7 cm³/mol. The minimum atomic E-state index is 0.409. The van der Waals surface area contributed by atoms with E-state index < -0.39 is 0 Å². The standard InChI is InChI=1S/C7H4BFNO2/c9-12-8-11-7-3-1-6(5-10)2-4-7/h1-4H. The van der Waals surface area contributed by atoms with Crippen molar-refractivity contribution in [2.75, 3.05) is 0 Å². The van der Waals surface area contributed by atoms with Gasteiger partial charge in [-0.05, 0) is 24.3 Å². The van der Waals surface area contributed by atoms with Gasteiger partial charge in [0.1, 0.15) is 5.75 Å². The molecular weight excluding hydrogens is 160 g/mol. The van der Waals surface area contributed by atoms with Crippen LogP contribution >= 0.6 is 0 Å². The molecule has 0 fully saturated rings. The lowest BCUT2D eigenvalue weighted by molar-refractivity contribution is -0.0173. The number of hydrogen-bond acceptors (Lipinski definition) is 3. The van der Waals surface area contributed by atoms with E-state index in [0.29, 0.717) is 19.0 Å². The second-order valence-corrected chi connectivity index (χ2v) is 1.94. The molecule has 0 spiro atoms. The number of rotatable bonds is 3. The molecule has 0 bridgehead atoms. The van der Waals surface area contributed by atoms with Crippen molar-refractivity contribution < 1.29 is 14.0 Å². The fraction of sp³-hybridized carbons (Fsp3) is 0. The zero-order valence-corrected chi connectivity index (χ0v) is 6.03. The van der Waals surface area contributed by atoms with E-state index in [4.69, 9.17) is 5.26 Å². The Labute approximate surface area is 69.5 Å². The molecule has 59 valence electrons. The summed E-state index contributed by atoms with van der Waals surface area (Å²) in [5.41, 5.74) is 0.517. The topological polar surface area (TPSA) is 42.2 Å². The maximum Gasteiger partial charge on any atom is 0.609 e. The SMILES string of the molecule is N#Cc1ccc(O[B]OF)cc1. The Bertz CT molecular complexity index is 282. The van der Waals surface area contributed by atoms with E-state index in [1.807, 2.05) is 6.07 Å². The second-order valence-electron chi connectivity index (χ2n) is 1.94.